The van der Waals surface area contributed by atoms with Gasteiger partial charge in [0, 0.05) is 24.0 Å². The number of nitrogens with zero attached hydrogens (tertiary/aromatic N) is 1. The molecule has 1 aromatic carbocycles. The normalized spacial score (nSPS) is 17.3. The maximum Gasteiger partial charge on any atom is 0.251 e. The summed E-state index contributed by atoms with van der Waals surface area (Å²) in [6.45, 7) is 1.31. The van der Waals surface area contributed by atoms with Crippen LogP contribution in [0.25, 0.3) is 11.4 Å². The van der Waals surface area contributed by atoms with Crippen LogP contribution >= 0.6 is 0 Å². The Balaban J connectivity index is 1.76. The van der Waals surface area contributed by atoms with E-state index in [1.165, 1.54) is 0 Å². The van der Waals surface area contributed by atoms with Crippen molar-refractivity contribution in [2.75, 3.05) is 13.2 Å². The molecule has 1 fully saturated rings. The first kappa shape index (κ1) is 12.4. The van der Waals surface area contributed by atoms with Crippen LogP contribution in [-0.4, -0.2) is 23.2 Å². The predicted octanol–water partition coefficient (Wildman–Crippen LogP) is 2.48. The molecule has 0 amide bonds. The maximum absolute atomic E-state index is 11.8. The van der Waals surface area contributed by atoms with Crippen molar-refractivity contribution in [1.82, 2.24) is 9.97 Å². The molecule has 1 saturated carbocycles. The summed E-state index contributed by atoms with van der Waals surface area (Å²) in [5.74, 6) is 2.51. The lowest BCUT2D eigenvalue weighted by molar-refractivity contribution is 0.297. The van der Waals surface area contributed by atoms with Crippen LogP contribution in [0.4, 0.5) is 0 Å². The van der Waals surface area contributed by atoms with Crippen LogP contribution in [0.1, 0.15) is 30.9 Å². The zero-order valence-electron chi connectivity index (χ0n) is 11.6. The van der Waals surface area contributed by atoms with Crippen molar-refractivity contribution in [3.8, 4) is 22.9 Å². The molecule has 2 heterocycles. The molecule has 5 heteroatoms. The Hall–Kier alpha value is -2.30. The monoisotopic (exact) mass is 284 g/mol. The maximum atomic E-state index is 11.8. The number of hydrogen-bond donors (Lipinski definition) is 1. The summed E-state index contributed by atoms with van der Waals surface area (Å²) in [7, 11) is 0. The van der Waals surface area contributed by atoms with E-state index in [0.717, 1.165) is 36.3 Å². The topological polar surface area (TPSA) is 64.2 Å². The van der Waals surface area contributed by atoms with Crippen molar-refractivity contribution in [2.24, 2.45) is 0 Å². The Morgan fingerprint density at radius 1 is 1.10 bits per heavy atom. The number of benzene rings is 1. The Bertz CT molecular complexity index is 735. The molecule has 1 aliphatic carbocycles. The lowest BCUT2D eigenvalue weighted by Gasteiger charge is -2.09. The number of rotatable bonds is 2. The van der Waals surface area contributed by atoms with Crippen LogP contribution in [0.15, 0.2) is 29.1 Å². The Morgan fingerprint density at radius 3 is 2.71 bits per heavy atom. The van der Waals surface area contributed by atoms with Crippen molar-refractivity contribution in [3.63, 3.8) is 0 Å². The fourth-order valence-electron chi connectivity index (χ4n) is 2.51. The quantitative estimate of drug-likeness (QED) is 0.920. The minimum absolute atomic E-state index is 0.103. The molecule has 5 nitrogen and oxygen atoms in total. The summed E-state index contributed by atoms with van der Waals surface area (Å²) in [4.78, 5) is 19.2. The van der Waals surface area contributed by atoms with Gasteiger partial charge in [0.1, 0.15) is 5.82 Å². The fourth-order valence-corrected chi connectivity index (χ4v) is 2.51. The number of fused-ring (bicyclic) bond motifs is 1. The Morgan fingerprint density at radius 2 is 1.90 bits per heavy atom. The molecule has 0 unspecified atom stereocenters. The van der Waals surface area contributed by atoms with Gasteiger partial charge in [-0.15, -0.1) is 0 Å². The molecule has 1 aromatic heterocycles. The molecule has 0 bridgehead atoms. The highest BCUT2D eigenvalue weighted by molar-refractivity contribution is 5.61. The van der Waals surface area contributed by atoms with E-state index < -0.39 is 0 Å². The third-order valence-electron chi connectivity index (χ3n) is 3.78. The molecule has 2 aromatic rings. The van der Waals surface area contributed by atoms with Gasteiger partial charge in [-0.25, -0.2) is 4.98 Å². The van der Waals surface area contributed by atoms with Gasteiger partial charge in [-0.2, -0.15) is 0 Å². The summed E-state index contributed by atoms with van der Waals surface area (Å²) in [6.07, 6.45) is 3.12. The van der Waals surface area contributed by atoms with Crippen LogP contribution in [0.5, 0.6) is 11.5 Å². The van der Waals surface area contributed by atoms with Gasteiger partial charge in [-0.05, 0) is 31.0 Å². The fraction of sp³-hybridized carbons (Fsp3) is 0.375. The van der Waals surface area contributed by atoms with Gasteiger partial charge in [-0.3, -0.25) is 4.79 Å². The standard InChI is InChI=1S/C16H16N2O3/c19-15-9-12(10-2-3-10)17-16(18-15)11-4-5-13-14(8-11)21-7-1-6-20-13/h4-5,8-10H,1-3,6-7H2,(H,17,18,19). The van der Waals surface area contributed by atoms with Crippen LogP contribution in [0.2, 0.25) is 0 Å². The summed E-state index contributed by atoms with van der Waals surface area (Å²) < 4.78 is 11.3. The molecule has 2 aliphatic rings. The van der Waals surface area contributed by atoms with Gasteiger partial charge in [0.15, 0.2) is 11.5 Å². The first-order valence-electron chi connectivity index (χ1n) is 7.31. The van der Waals surface area contributed by atoms with Crippen molar-refractivity contribution in [1.29, 1.82) is 0 Å². The largest absolute Gasteiger partial charge is 0.490 e. The van der Waals surface area contributed by atoms with Gasteiger partial charge in [-0.1, -0.05) is 0 Å². The van der Waals surface area contributed by atoms with Gasteiger partial charge in [0.25, 0.3) is 5.56 Å². The van der Waals surface area contributed by atoms with Crippen LogP contribution in [0, 0.1) is 0 Å². The van der Waals surface area contributed by atoms with E-state index in [1.807, 2.05) is 18.2 Å². The second-order valence-corrected chi connectivity index (χ2v) is 5.51. The molecule has 1 aliphatic heterocycles. The predicted molar refractivity (Wildman–Crippen MR) is 77.9 cm³/mol. The molecule has 0 spiro atoms. The van der Waals surface area contributed by atoms with E-state index in [2.05, 4.69) is 9.97 Å². The molecule has 1 N–H and O–H groups in total. The molecular weight excluding hydrogens is 268 g/mol. The number of aromatic nitrogens is 2. The minimum Gasteiger partial charge on any atom is -0.490 e. The lowest BCUT2D eigenvalue weighted by atomic mass is 10.1. The van der Waals surface area contributed by atoms with Crippen molar-refractivity contribution < 1.29 is 9.47 Å². The summed E-state index contributed by atoms with van der Waals surface area (Å²) in [5.41, 5.74) is 1.63. The van der Waals surface area contributed by atoms with Crippen LogP contribution in [-0.2, 0) is 0 Å². The minimum atomic E-state index is -0.103. The molecule has 21 heavy (non-hydrogen) atoms. The van der Waals surface area contributed by atoms with Gasteiger partial charge in [0.05, 0.1) is 18.9 Å². The van der Waals surface area contributed by atoms with Crippen molar-refractivity contribution >= 4 is 0 Å². The van der Waals surface area contributed by atoms with E-state index in [4.69, 9.17) is 9.47 Å². The van der Waals surface area contributed by atoms with Crippen molar-refractivity contribution in [2.45, 2.75) is 25.2 Å². The Kier molecular flexibility index (Phi) is 2.91. The molecular formula is C16H16N2O3. The zero-order chi connectivity index (χ0) is 14.2. The van der Waals surface area contributed by atoms with E-state index >= 15 is 0 Å². The SMILES string of the molecule is O=c1cc(C2CC2)nc(-c2ccc3c(c2)OCCCO3)[nH]1. The second-order valence-electron chi connectivity index (χ2n) is 5.51. The Labute approximate surface area is 121 Å². The third-order valence-corrected chi connectivity index (χ3v) is 3.78. The number of nitrogens with one attached hydrogen (secondary N) is 1. The van der Waals surface area contributed by atoms with Crippen LogP contribution < -0.4 is 15.0 Å². The summed E-state index contributed by atoms with van der Waals surface area (Å²) >= 11 is 0. The molecule has 0 radical (unpaired) electrons. The van der Waals surface area contributed by atoms with E-state index in [-0.39, 0.29) is 5.56 Å². The highest BCUT2D eigenvalue weighted by Gasteiger charge is 2.26. The van der Waals surface area contributed by atoms with Gasteiger partial charge < -0.3 is 14.5 Å². The average Bonchev–Trinajstić information content (AvgIpc) is 3.32. The first-order valence-corrected chi connectivity index (χ1v) is 7.31. The smallest absolute Gasteiger partial charge is 0.251 e. The summed E-state index contributed by atoms with van der Waals surface area (Å²) in [6, 6.07) is 7.27. The number of H-pyrrole nitrogens is 1. The molecule has 0 atom stereocenters. The second kappa shape index (κ2) is 4.91. The average molecular weight is 284 g/mol. The van der Waals surface area contributed by atoms with Crippen LogP contribution in [0.3, 0.4) is 0 Å². The molecule has 4 rings (SSSR count). The van der Waals surface area contributed by atoms with E-state index in [9.17, 15) is 4.79 Å². The van der Waals surface area contributed by atoms with Crippen molar-refractivity contribution in [3.05, 3.63) is 40.3 Å². The van der Waals surface area contributed by atoms with Gasteiger partial charge >= 0.3 is 0 Å². The van der Waals surface area contributed by atoms with Gasteiger partial charge in [0.2, 0.25) is 0 Å². The summed E-state index contributed by atoms with van der Waals surface area (Å²) in [5, 5.41) is 0. The number of hydrogen-bond acceptors (Lipinski definition) is 4. The lowest BCUT2D eigenvalue weighted by Crippen LogP contribution is -2.10. The highest BCUT2D eigenvalue weighted by Crippen LogP contribution is 2.39. The first-order chi connectivity index (χ1) is 10.3. The third kappa shape index (κ3) is 2.51. The zero-order valence-corrected chi connectivity index (χ0v) is 11.6. The van der Waals surface area contributed by atoms with E-state index in [0.29, 0.717) is 30.7 Å². The number of ether oxygens (including phenoxy) is 2. The van der Waals surface area contributed by atoms with E-state index in [1.54, 1.807) is 6.07 Å². The highest BCUT2D eigenvalue weighted by atomic mass is 16.5. The molecule has 0 saturated heterocycles. The molecule has 108 valence electrons. The number of aromatic amines is 1.